The van der Waals surface area contributed by atoms with Gasteiger partial charge in [-0.3, -0.25) is 0 Å². The molecule has 4 heteroatoms. The molecule has 0 unspecified atom stereocenters. The van der Waals surface area contributed by atoms with Crippen molar-refractivity contribution in [1.29, 1.82) is 0 Å². The highest BCUT2D eigenvalue weighted by Gasteiger charge is 2.08. The normalized spacial score (nSPS) is 10.4. The van der Waals surface area contributed by atoms with Gasteiger partial charge in [0.1, 0.15) is 5.69 Å². The van der Waals surface area contributed by atoms with E-state index >= 15 is 0 Å². The SMILES string of the molecule is C(#Cc1ccccn1)CCc1nc(-c2ccc3ccccc3c2)no1. The van der Waals surface area contributed by atoms with Crippen molar-refractivity contribution in [1.82, 2.24) is 15.1 Å². The molecular weight excluding hydrogens is 310 g/mol. The summed E-state index contributed by atoms with van der Waals surface area (Å²) in [7, 11) is 0. The van der Waals surface area contributed by atoms with Crippen LogP contribution in [0.15, 0.2) is 71.4 Å². The van der Waals surface area contributed by atoms with Crippen molar-refractivity contribution in [2.75, 3.05) is 0 Å². The third-order valence-corrected chi connectivity index (χ3v) is 3.82. The van der Waals surface area contributed by atoms with Gasteiger partial charge in [-0.05, 0) is 34.9 Å². The van der Waals surface area contributed by atoms with Crippen LogP contribution in [-0.2, 0) is 6.42 Å². The fourth-order valence-corrected chi connectivity index (χ4v) is 2.56. The summed E-state index contributed by atoms with van der Waals surface area (Å²) < 4.78 is 5.34. The van der Waals surface area contributed by atoms with E-state index in [2.05, 4.69) is 51.2 Å². The molecule has 0 fully saturated rings. The van der Waals surface area contributed by atoms with E-state index in [1.54, 1.807) is 6.20 Å². The topological polar surface area (TPSA) is 51.8 Å². The van der Waals surface area contributed by atoms with Gasteiger partial charge >= 0.3 is 0 Å². The summed E-state index contributed by atoms with van der Waals surface area (Å²) in [5, 5.41) is 6.44. The molecule has 4 rings (SSSR count). The Balaban J connectivity index is 1.45. The average Bonchev–Trinajstić information content (AvgIpc) is 3.15. The fraction of sp³-hybridized carbons (Fsp3) is 0.0952. The Labute approximate surface area is 145 Å². The van der Waals surface area contributed by atoms with E-state index in [9.17, 15) is 0 Å². The molecular formula is C21H15N3O. The van der Waals surface area contributed by atoms with E-state index < -0.39 is 0 Å². The average molecular weight is 325 g/mol. The highest BCUT2D eigenvalue weighted by Crippen LogP contribution is 2.22. The van der Waals surface area contributed by atoms with Crippen LogP contribution in [0.2, 0.25) is 0 Å². The number of hydrogen-bond donors (Lipinski definition) is 0. The quantitative estimate of drug-likeness (QED) is 0.528. The summed E-state index contributed by atoms with van der Waals surface area (Å²) in [4.78, 5) is 8.64. The van der Waals surface area contributed by atoms with Gasteiger partial charge in [0.2, 0.25) is 11.7 Å². The third kappa shape index (κ3) is 3.56. The lowest BCUT2D eigenvalue weighted by molar-refractivity contribution is 0.380. The summed E-state index contributed by atoms with van der Waals surface area (Å²) in [6.07, 6.45) is 3.01. The number of aromatic nitrogens is 3. The van der Waals surface area contributed by atoms with Crippen molar-refractivity contribution < 1.29 is 4.52 Å². The Morgan fingerprint density at radius 3 is 2.68 bits per heavy atom. The van der Waals surface area contributed by atoms with Crippen molar-refractivity contribution in [3.8, 4) is 23.2 Å². The first-order valence-corrected chi connectivity index (χ1v) is 8.10. The summed E-state index contributed by atoms with van der Waals surface area (Å²) >= 11 is 0. The molecule has 0 aliphatic carbocycles. The number of benzene rings is 2. The molecule has 0 amide bonds. The van der Waals surface area contributed by atoms with Crippen molar-refractivity contribution in [2.24, 2.45) is 0 Å². The fourth-order valence-electron chi connectivity index (χ4n) is 2.56. The number of nitrogens with zero attached hydrogens (tertiary/aromatic N) is 3. The predicted molar refractivity (Wildman–Crippen MR) is 96.7 cm³/mol. The second-order valence-corrected chi connectivity index (χ2v) is 5.59. The number of rotatable bonds is 3. The van der Waals surface area contributed by atoms with E-state index in [4.69, 9.17) is 4.52 Å². The molecule has 120 valence electrons. The maximum atomic E-state index is 5.34. The van der Waals surface area contributed by atoms with Crippen LogP contribution in [0.3, 0.4) is 0 Å². The first kappa shape index (κ1) is 15.1. The standard InChI is InChI=1S/C21H15N3O/c1-2-8-17-15-18(13-12-16(17)7-1)21-23-20(25-24-21)11-4-3-9-19-10-5-6-14-22-19/h1-2,5-8,10,12-15H,4,11H2. The Bertz CT molecular complexity index is 1060. The maximum absolute atomic E-state index is 5.34. The Hall–Kier alpha value is -3.45. The van der Waals surface area contributed by atoms with Crippen LogP contribution in [0.1, 0.15) is 18.0 Å². The highest BCUT2D eigenvalue weighted by atomic mass is 16.5. The van der Waals surface area contributed by atoms with E-state index in [1.807, 2.05) is 36.4 Å². The van der Waals surface area contributed by atoms with Gasteiger partial charge in [0.25, 0.3) is 0 Å². The molecule has 25 heavy (non-hydrogen) atoms. The Kier molecular flexibility index (Phi) is 4.21. The zero-order valence-electron chi connectivity index (χ0n) is 13.5. The summed E-state index contributed by atoms with van der Waals surface area (Å²) in [5.74, 6) is 7.31. The van der Waals surface area contributed by atoms with Gasteiger partial charge in [-0.1, -0.05) is 53.5 Å². The zero-order valence-corrected chi connectivity index (χ0v) is 13.5. The largest absolute Gasteiger partial charge is 0.339 e. The van der Waals surface area contributed by atoms with Gasteiger partial charge in [-0.25, -0.2) is 4.98 Å². The molecule has 0 N–H and O–H groups in total. The lowest BCUT2D eigenvalue weighted by atomic mass is 10.1. The summed E-state index contributed by atoms with van der Waals surface area (Å²) in [6, 6.07) is 20.0. The van der Waals surface area contributed by atoms with Crippen molar-refractivity contribution in [2.45, 2.75) is 12.8 Å². The minimum absolute atomic E-state index is 0.596. The molecule has 4 nitrogen and oxygen atoms in total. The molecule has 4 aromatic rings. The smallest absolute Gasteiger partial charge is 0.227 e. The maximum Gasteiger partial charge on any atom is 0.227 e. The molecule has 0 radical (unpaired) electrons. The Morgan fingerprint density at radius 2 is 1.80 bits per heavy atom. The monoisotopic (exact) mass is 325 g/mol. The van der Waals surface area contributed by atoms with Crippen molar-refractivity contribution >= 4 is 10.8 Å². The van der Waals surface area contributed by atoms with Gasteiger partial charge in [0.15, 0.2) is 0 Å². The highest BCUT2D eigenvalue weighted by molar-refractivity contribution is 5.86. The molecule has 0 saturated carbocycles. The van der Waals surface area contributed by atoms with Gasteiger partial charge in [0, 0.05) is 24.6 Å². The van der Waals surface area contributed by atoms with Crippen molar-refractivity contribution in [3.63, 3.8) is 0 Å². The molecule has 0 aliphatic heterocycles. The van der Waals surface area contributed by atoms with E-state index in [1.165, 1.54) is 5.39 Å². The number of aryl methyl sites for hydroxylation is 1. The molecule has 2 aromatic carbocycles. The van der Waals surface area contributed by atoms with Gasteiger partial charge in [0.05, 0.1) is 0 Å². The van der Waals surface area contributed by atoms with E-state index in [-0.39, 0.29) is 0 Å². The Morgan fingerprint density at radius 1 is 0.920 bits per heavy atom. The molecule has 0 saturated heterocycles. The second kappa shape index (κ2) is 6.98. The van der Waals surface area contributed by atoms with Crippen LogP contribution in [0, 0.1) is 11.8 Å². The molecule has 0 aliphatic rings. The first-order valence-electron chi connectivity index (χ1n) is 8.10. The van der Waals surface area contributed by atoms with Gasteiger partial charge in [-0.2, -0.15) is 4.98 Å². The number of fused-ring (bicyclic) bond motifs is 1. The number of pyridine rings is 1. The summed E-state index contributed by atoms with van der Waals surface area (Å²) in [6.45, 7) is 0. The van der Waals surface area contributed by atoms with Crippen LogP contribution in [0.4, 0.5) is 0 Å². The minimum atomic E-state index is 0.596. The lowest BCUT2D eigenvalue weighted by Gasteiger charge is -1.99. The molecule has 0 spiro atoms. The molecule has 2 aromatic heterocycles. The minimum Gasteiger partial charge on any atom is -0.339 e. The summed E-state index contributed by atoms with van der Waals surface area (Å²) in [5.41, 5.74) is 1.72. The van der Waals surface area contributed by atoms with Crippen LogP contribution in [0.25, 0.3) is 22.2 Å². The third-order valence-electron chi connectivity index (χ3n) is 3.82. The van der Waals surface area contributed by atoms with Crippen LogP contribution < -0.4 is 0 Å². The van der Waals surface area contributed by atoms with E-state index in [0.29, 0.717) is 24.6 Å². The molecule has 0 atom stereocenters. The van der Waals surface area contributed by atoms with Crippen LogP contribution in [0.5, 0.6) is 0 Å². The van der Waals surface area contributed by atoms with E-state index in [0.717, 1.165) is 16.6 Å². The second-order valence-electron chi connectivity index (χ2n) is 5.59. The molecule has 0 bridgehead atoms. The predicted octanol–water partition coefficient (Wildman–Crippen LogP) is 4.27. The van der Waals surface area contributed by atoms with Crippen LogP contribution in [-0.4, -0.2) is 15.1 Å². The first-order chi connectivity index (χ1) is 12.4. The van der Waals surface area contributed by atoms with Crippen molar-refractivity contribution in [3.05, 3.63) is 78.4 Å². The molecule has 2 heterocycles. The van der Waals surface area contributed by atoms with Gasteiger partial charge in [-0.15, -0.1) is 0 Å². The zero-order chi connectivity index (χ0) is 16.9. The lowest BCUT2D eigenvalue weighted by Crippen LogP contribution is -1.85. The number of hydrogen-bond acceptors (Lipinski definition) is 4. The van der Waals surface area contributed by atoms with Gasteiger partial charge < -0.3 is 4.52 Å². The van der Waals surface area contributed by atoms with Crippen LogP contribution >= 0.6 is 0 Å².